The number of fused-ring (bicyclic) bond motifs is 6. The highest BCUT2D eigenvalue weighted by molar-refractivity contribution is 6.03. The minimum atomic E-state index is -0.529. The first-order valence-corrected chi connectivity index (χ1v) is 28.1. The molecule has 81 heavy (non-hydrogen) atoms. The van der Waals surface area contributed by atoms with E-state index in [1.807, 2.05) is 0 Å². The highest BCUT2D eigenvalue weighted by Crippen LogP contribution is 2.58. The Kier molecular flexibility index (Phi) is 11.6. The third-order valence-electron chi connectivity index (χ3n) is 17.4. The maximum atomic E-state index is 4.86. The smallest absolute Gasteiger partial charge is 0.0714 e. The van der Waals surface area contributed by atoms with Crippen LogP contribution in [0.25, 0.3) is 39.1 Å². The number of nitrogens with zero attached hydrogens (tertiary/aromatic N) is 2. The van der Waals surface area contributed by atoms with Crippen molar-refractivity contribution in [1.29, 1.82) is 0 Å². The fourth-order valence-corrected chi connectivity index (χ4v) is 14.1. The van der Waals surface area contributed by atoms with Gasteiger partial charge in [0.1, 0.15) is 0 Å². The molecule has 382 valence electrons. The molecule has 0 heterocycles. The first-order chi connectivity index (χ1) is 40.1. The van der Waals surface area contributed by atoms with Gasteiger partial charge in [-0.3, -0.25) is 0 Å². The molecule has 0 amide bonds. The summed E-state index contributed by atoms with van der Waals surface area (Å²) in [7, 11) is 0. The Morgan fingerprint density at radius 3 is 1.32 bits per heavy atom. The maximum Gasteiger partial charge on any atom is 0.0714 e. The Hall–Kier alpha value is -10.3. The number of rotatable bonds is 12. The van der Waals surface area contributed by atoms with Gasteiger partial charge in [-0.05, 0) is 144 Å². The van der Waals surface area contributed by atoms with Gasteiger partial charge >= 0.3 is 0 Å². The molecule has 0 radical (unpaired) electrons. The zero-order valence-corrected chi connectivity index (χ0v) is 44.8. The third-order valence-corrected chi connectivity index (χ3v) is 17.4. The molecule has 0 bridgehead atoms. The summed E-state index contributed by atoms with van der Waals surface area (Å²) in [6.07, 6.45) is 9.28. The zero-order chi connectivity index (χ0) is 53.9. The summed E-state index contributed by atoms with van der Waals surface area (Å²) in [5.74, 6) is -0.00765. The molecule has 15 rings (SSSR count). The van der Waals surface area contributed by atoms with Crippen LogP contribution in [0.2, 0.25) is 0 Å². The van der Waals surface area contributed by atoms with E-state index in [1.165, 1.54) is 88.7 Å². The lowest BCUT2D eigenvalue weighted by atomic mass is 9.67. The van der Waals surface area contributed by atoms with Gasteiger partial charge in [0.2, 0.25) is 0 Å². The fourth-order valence-electron chi connectivity index (χ4n) is 14.1. The van der Waals surface area contributed by atoms with E-state index >= 15 is 0 Å². The van der Waals surface area contributed by atoms with Crippen molar-refractivity contribution in [1.82, 2.24) is 0 Å². The molecule has 3 aliphatic rings. The summed E-state index contributed by atoms with van der Waals surface area (Å²) in [6.45, 7) is 4.86. The average molecular weight is 1030 g/mol. The average Bonchev–Trinajstić information content (AvgIpc) is 4.26. The molecule has 0 fully saturated rings. The number of allylic oxidation sites excluding steroid dienone is 3. The second kappa shape index (κ2) is 19.6. The predicted molar refractivity (Wildman–Crippen MR) is 338 cm³/mol. The van der Waals surface area contributed by atoms with Crippen molar-refractivity contribution < 1.29 is 0 Å². The molecule has 2 heteroatoms. The van der Waals surface area contributed by atoms with E-state index in [9.17, 15) is 0 Å². The van der Waals surface area contributed by atoms with Crippen molar-refractivity contribution in [3.8, 4) is 22.3 Å². The van der Waals surface area contributed by atoms with E-state index < -0.39 is 10.8 Å². The molecule has 0 N–H and O–H groups in total. The first-order valence-electron chi connectivity index (χ1n) is 28.1. The number of anilines is 5. The molecule has 1 unspecified atom stereocenters. The van der Waals surface area contributed by atoms with Crippen molar-refractivity contribution in [3.63, 3.8) is 0 Å². The SMILES string of the molecule is C=C(/C=C\C1C=Cc2c(N(c3ccccc3)c3cccc(C4(c5ccccc5)c5ccccc5-c5ccccc54)c3)ccc3cccc1c23)N(c1ccccc1)c1cccc(C2(c3ccccc3)c3ccccc3-c3ccccc32)c1. The molecule has 0 saturated heterocycles. The number of hydrogen-bond donors (Lipinski definition) is 0. The maximum absolute atomic E-state index is 4.86. The summed E-state index contributed by atoms with van der Waals surface area (Å²) in [5.41, 5.74) is 22.9. The topological polar surface area (TPSA) is 6.48 Å². The molecular weight excluding hydrogens is 977 g/mol. The van der Waals surface area contributed by atoms with Crippen LogP contribution < -0.4 is 9.80 Å². The lowest BCUT2D eigenvalue weighted by Crippen LogP contribution is -2.29. The van der Waals surface area contributed by atoms with Gasteiger partial charge in [0.25, 0.3) is 0 Å². The van der Waals surface area contributed by atoms with E-state index in [1.54, 1.807) is 0 Å². The lowest BCUT2D eigenvalue weighted by Gasteiger charge is -2.35. The van der Waals surface area contributed by atoms with Crippen LogP contribution in [0.1, 0.15) is 61.6 Å². The van der Waals surface area contributed by atoms with Crippen molar-refractivity contribution in [2.24, 2.45) is 0 Å². The second-order valence-electron chi connectivity index (χ2n) is 21.5. The van der Waals surface area contributed by atoms with Crippen LogP contribution in [0.3, 0.4) is 0 Å². The standard InChI is InChI=1S/C79H56N2/c1-55(80(62-32-10-4-11-33-62)64-36-23-30-60(53-64)78(58-26-6-2-7-27-58)72-43-18-14-38-67(72)68-39-15-19-44-73(68)78)47-48-56-49-51-71-76(52-50-57-25-22-42-66(56)77(57)71)81(63-34-12-5-13-35-63)65-37-24-31-61(54-65)79(59-28-8-3-9-29-59)74-45-20-16-40-69(74)70-41-17-21-46-75(70)79/h2-54,56H,1H2/b48-47-. The molecule has 0 aliphatic heterocycles. The van der Waals surface area contributed by atoms with Gasteiger partial charge in [0.05, 0.1) is 16.5 Å². The largest absolute Gasteiger partial charge is 0.311 e. The Labute approximate surface area is 474 Å². The summed E-state index contributed by atoms with van der Waals surface area (Å²) >= 11 is 0. The number of benzene rings is 12. The van der Waals surface area contributed by atoms with Gasteiger partial charge in [-0.25, -0.2) is 0 Å². The van der Waals surface area contributed by atoms with E-state index in [4.69, 9.17) is 6.58 Å². The van der Waals surface area contributed by atoms with Gasteiger partial charge in [-0.1, -0.05) is 267 Å². The Bertz CT molecular complexity index is 4350. The van der Waals surface area contributed by atoms with Crippen LogP contribution in [-0.2, 0) is 10.8 Å². The van der Waals surface area contributed by atoms with Crippen LogP contribution in [-0.4, -0.2) is 0 Å². The van der Waals surface area contributed by atoms with Crippen LogP contribution in [0.4, 0.5) is 28.4 Å². The van der Waals surface area contributed by atoms with Gasteiger partial charge in [0.15, 0.2) is 0 Å². The van der Waals surface area contributed by atoms with Crippen molar-refractivity contribution in [2.45, 2.75) is 16.7 Å². The van der Waals surface area contributed by atoms with Gasteiger partial charge in [0, 0.05) is 39.9 Å². The van der Waals surface area contributed by atoms with Gasteiger partial charge in [-0.2, -0.15) is 0 Å². The van der Waals surface area contributed by atoms with Crippen molar-refractivity contribution in [3.05, 3.63) is 383 Å². The monoisotopic (exact) mass is 1030 g/mol. The Morgan fingerprint density at radius 1 is 0.370 bits per heavy atom. The molecule has 0 spiro atoms. The van der Waals surface area contributed by atoms with Crippen LogP contribution in [0.15, 0.2) is 328 Å². The highest BCUT2D eigenvalue weighted by Gasteiger charge is 2.47. The molecule has 12 aromatic rings. The van der Waals surface area contributed by atoms with Crippen molar-refractivity contribution in [2.75, 3.05) is 9.80 Å². The normalized spacial score (nSPS) is 14.7. The van der Waals surface area contributed by atoms with E-state index in [0.717, 1.165) is 34.1 Å². The molecule has 12 aromatic carbocycles. The van der Waals surface area contributed by atoms with Crippen LogP contribution in [0.5, 0.6) is 0 Å². The molecule has 0 aromatic heterocycles. The summed E-state index contributed by atoms with van der Waals surface area (Å²) < 4.78 is 0. The molecule has 0 saturated carbocycles. The van der Waals surface area contributed by atoms with Crippen LogP contribution >= 0.6 is 0 Å². The molecular formula is C79H56N2. The van der Waals surface area contributed by atoms with Crippen LogP contribution in [0, 0.1) is 0 Å². The molecule has 2 nitrogen and oxygen atoms in total. The summed E-state index contributed by atoms with van der Waals surface area (Å²) in [6, 6.07) is 109. The molecule has 3 aliphatic carbocycles. The lowest BCUT2D eigenvalue weighted by molar-refractivity contribution is 0.768. The molecule has 1 atom stereocenters. The Balaban J connectivity index is 0.828. The third kappa shape index (κ3) is 7.48. The fraction of sp³-hybridized carbons (Fsp3) is 0.0380. The van der Waals surface area contributed by atoms with E-state index in [2.05, 4.69) is 331 Å². The van der Waals surface area contributed by atoms with Gasteiger partial charge < -0.3 is 9.80 Å². The van der Waals surface area contributed by atoms with E-state index in [0.29, 0.717) is 0 Å². The van der Waals surface area contributed by atoms with E-state index in [-0.39, 0.29) is 5.92 Å². The second-order valence-corrected chi connectivity index (χ2v) is 21.5. The first kappa shape index (κ1) is 47.9. The van der Waals surface area contributed by atoms with Crippen molar-refractivity contribution >= 4 is 45.3 Å². The predicted octanol–water partition coefficient (Wildman–Crippen LogP) is 20.1. The summed E-state index contributed by atoms with van der Waals surface area (Å²) in [5, 5.41) is 2.46. The Morgan fingerprint density at radius 2 is 0.790 bits per heavy atom. The highest BCUT2D eigenvalue weighted by atomic mass is 15.1. The minimum Gasteiger partial charge on any atom is -0.311 e. The minimum absolute atomic E-state index is 0.00765. The summed E-state index contributed by atoms with van der Waals surface area (Å²) in [4.78, 5) is 4.76. The zero-order valence-electron chi connectivity index (χ0n) is 44.8. The quantitative estimate of drug-likeness (QED) is 0.113. The van der Waals surface area contributed by atoms with Gasteiger partial charge in [-0.15, -0.1) is 0 Å². The number of hydrogen-bond acceptors (Lipinski definition) is 2. The number of para-hydroxylation sites is 2.